The third-order valence-electron chi connectivity index (χ3n) is 2.07. The maximum atomic E-state index is 10.6. The molecule has 12 heavy (non-hydrogen) atoms. The van der Waals surface area contributed by atoms with Crippen molar-refractivity contribution in [3.05, 3.63) is 0 Å². The average Bonchev–Trinajstić information content (AvgIpc) is 2.34. The fourth-order valence-electron chi connectivity index (χ4n) is 1.41. The monoisotopic (exact) mass is 188 g/mol. The van der Waals surface area contributed by atoms with Crippen LogP contribution in [-0.2, 0) is 9.53 Å². The van der Waals surface area contributed by atoms with E-state index >= 15 is 0 Å². The van der Waals surface area contributed by atoms with Crippen LogP contribution in [0.15, 0.2) is 0 Å². The second-order valence-corrected chi connectivity index (χ2v) is 4.86. The highest BCUT2D eigenvalue weighted by Gasteiger charge is 2.29. The Labute approximate surface area is 78.1 Å². The molecule has 70 valence electrons. The first kappa shape index (κ1) is 9.90. The summed E-state index contributed by atoms with van der Waals surface area (Å²) in [7, 11) is 0. The van der Waals surface area contributed by atoms with Crippen LogP contribution in [-0.4, -0.2) is 23.1 Å². The second-order valence-electron chi connectivity index (χ2n) is 3.58. The van der Waals surface area contributed by atoms with E-state index in [1.54, 1.807) is 0 Å². The SMILES string of the molecule is CC(=O)O[C@@H]1CS[C@@H](C(C)C)C1. The summed E-state index contributed by atoms with van der Waals surface area (Å²) in [5.74, 6) is 1.52. The summed E-state index contributed by atoms with van der Waals surface area (Å²) in [5.41, 5.74) is 0. The van der Waals surface area contributed by atoms with E-state index in [1.807, 2.05) is 11.8 Å². The van der Waals surface area contributed by atoms with Crippen LogP contribution in [0.25, 0.3) is 0 Å². The quantitative estimate of drug-likeness (QED) is 0.621. The molecule has 0 amide bonds. The molecular formula is C9H16O2S. The number of carbonyl (C=O) groups is 1. The van der Waals surface area contributed by atoms with E-state index in [0.717, 1.165) is 12.2 Å². The highest BCUT2D eigenvalue weighted by Crippen LogP contribution is 2.33. The Bertz CT molecular complexity index is 168. The van der Waals surface area contributed by atoms with Gasteiger partial charge in [-0.3, -0.25) is 4.79 Å². The highest BCUT2D eigenvalue weighted by molar-refractivity contribution is 8.00. The standard InChI is InChI=1S/C9H16O2S/c1-6(2)9-4-8(5-12-9)11-7(3)10/h6,8-9H,4-5H2,1-3H3/t8-,9+/m0/s1. The van der Waals surface area contributed by atoms with Crippen molar-refractivity contribution < 1.29 is 9.53 Å². The van der Waals surface area contributed by atoms with Crippen molar-refractivity contribution in [3.63, 3.8) is 0 Å². The van der Waals surface area contributed by atoms with Gasteiger partial charge in [0.25, 0.3) is 0 Å². The number of rotatable bonds is 2. The third-order valence-corrected chi connectivity index (χ3v) is 3.80. The molecule has 1 heterocycles. The number of thioether (sulfide) groups is 1. The maximum Gasteiger partial charge on any atom is 0.302 e. The van der Waals surface area contributed by atoms with Crippen molar-refractivity contribution in [1.82, 2.24) is 0 Å². The van der Waals surface area contributed by atoms with Gasteiger partial charge in [0.05, 0.1) is 0 Å². The summed E-state index contributed by atoms with van der Waals surface area (Å²) >= 11 is 1.92. The number of ether oxygens (including phenoxy) is 1. The molecule has 0 aliphatic carbocycles. The molecule has 1 aliphatic heterocycles. The van der Waals surface area contributed by atoms with Gasteiger partial charge in [0.1, 0.15) is 6.10 Å². The molecule has 0 spiro atoms. The summed E-state index contributed by atoms with van der Waals surface area (Å²) in [5, 5.41) is 0.675. The Balaban J connectivity index is 2.30. The van der Waals surface area contributed by atoms with Crippen LogP contribution in [0.1, 0.15) is 27.2 Å². The zero-order valence-electron chi connectivity index (χ0n) is 7.87. The lowest BCUT2D eigenvalue weighted by Crippen LogP contribution is -2.17. The van der Waals surface area contributed by atoms with Crippen LogP contribution in [0.3, 0.4) is 0 Å². The summed E-state index contributed by atoms with van der Waals surface area (Å²) in [6.45, 7) is 5.91. The molecule has 1 fully saturated rings. The molecule has 2 atom stereocenters. The lowest BCUT2D eigenvalue weighted by Gasteiger charge is -2.13. The minimum Gasteiger partial charge on any atom is -0.462 e. The molecule has 0 aromatic heterocycles. The summed E-state index contributed by atoms with van der Waals surface area (Å²) in [6, 6.07) is 0. The Morgan fingerprint density at radius 3 is 2.67 bits per heavy atom. The van der Waals surface area contributed by atoms with Crippen molar-refractivity contribution in [2.45, 2.75) is 38.5 Å². The van der Waals surface area contributed by atoms with Crippen molar-refractivity contribution in [2.24, 2.45) is 5.92 Å². The number of hydrogen-bond donors (Lipinski definition) is 0. The summed E-state index contributed by atoms with van der Waals surface area (Å²) in [6.07, 6.45) is 1.20. The normalized spacial score (nSPS) is 29.3. The van der Waals surface area contributed by atoms with Crippen LogP contribution in [0.4, 0.5) is 0 Å². The molecule has 0 aromatic rings. The zero-order chi connectivity index (χ0) is 9.14. The summed E-state index contributed by atoms with van der Waals surface area (Å²) < 4.78 is 5.13. The molecular weight excluding hydrogens is 172 g/mol. The fraction of sp³-hybridized carbons (Fsp3) is 0.889. The van der Waals surface area contributed by atoms with Crippen molar-refractivity contribution in [2.75, 3.05) is 5.75 Å². The van der Waals surface area contributed by atoms with E-state index < -0.39 is 0 Å². The van der Waals surface area contributed by atoms with Gasteiger partial charge in [0.15, 0.2) is 0 Å². The van der Waals surface area contributed by atoms with Crippen LogP contribution < -0.4 is 0 Å². The van der Waals surface area contributed by atoms with Gasteiger partial charge in [0.2, 0.25) is 0 Å². The van der Waals surface area contributed by atoms with Gasteiger partial charge in [-0.1, -0.05) is 13.8 Å². The van der Waals surface area contributed by atoms with Crippen LogP contribution in [0.2, 0.25) is 0 Å². The van der Waals surface area contributed by atoms with Gasteiger partial charge < -0.3 is 4.74 Å². The summed E-state index contributed by atoms with van der Waals surface area (Å²) in [4.78, 5) is 10.6. The third kappa shape index (κ3) is 2.70. The number of carbonyl (C=O) groups excluding carboxylic acids is 1. The molecule has 0 radical (unpaired) electrons. The molecule has 0 N–H and O–H groups in total. The molecule has 3 heteroatoms. The lowest BCUT2D eigenvalue weighted by atomic mass is 10.1. The second kappa shape index (κ2) is 4.17. The van der Waals surface area contributed by atoms with E-state index in [2.05, 4.69) is 13.8 Å². The van der Waals surface area contributed by atoms with Gasteiger partial charge in [-0.05, 0) is 12.3 Å². The van der Waals surface area contributed by atoms with Crippen molar-refractivity contribution in [3.8, 4) is 0 Å². The van der Waals surface area contributed by atoms with E-state index in [4.69, 9.17) is 4.74 Å². The largest absolute Gasteiger partial charge is 0.462 e. The Kier molecular flexibility index (Phi) is 3.44. The Morgan fingerprint density at radius 2 is 2.25 bits per heavy atom. The average molecular weight is 188 g/mol. The van der Waals surface area contributed by atoms with Crippen molar-refractivity contribution >= 4 is 17.7 Å². The number of esters is 1. The minimum atomic E-state index is -0.148. The zero-order valence-corrected chi connectivity index (χ0v) is 8.69. The van der Waals surface area contributed by atoms with Gasteiger partial charge in [-0.25, -0.2) is 0 Å². The smallest absolute Gasteiger partial charge is 0.302 e. The lowest BCUT2D eigenvalue weighted by molar-refractivity contribution is -0.145. The van der Waals surface area contributed by atoms with E-state index in [0.29, 0.717) is 11.2 Å². The molecule has 0 aromatic carbocycles. The fourth-order valence-corrected chi connectivity index (χ4v) is 2.81. The molecule has 1 rings (SSSR count). The molecule has 2 nitrogen and oxygen atoms in total. The maximum absolute atomic E-state index is 10.6. The van der Waals surface area contributed by atoms with E-state index in [9.17, 15) is 4.79 Å². The van der Waals surface area contributed by atoms with E-state index in [-0.39, 0.29) is 12.1 Å². The first-order chi connectivity index (χ1) is 5.59. The van der Waals surface area contributed by atoms with Crippen molar-refractivity contribution in [1.29, 1.82) is 0 Å². The Morgan fingerprint density at radius 1 is 1.58 bits per heavy atom. The topological polar surface area (TPSA) is 26.3 Å². The first-order valence-electron chi connectivity index (χ1n) is 4.38. The van der Waals surface area contributed by atoms with Gasteiger partial charge in [-0.15, -0.1) is 0 Å². The Hall–Kier alpha value is -0.180. The minimum absolute atomic E-state index is 0.148. The molecule has 1 aliphatic rings. The molecule has 0 unspecified atom stereocenters. The molecule has 0 bridgehead atoms. The predicted molar refractivity (Wildman–Crippen MR) is 51.3 cm³/mol. The van der Waals surface area contributed by atoms with Crippen LogP contribution in [0.5, 0.6) is 0 Å². The van der Waals surface area contributed by atoms with Gasteiger partial charge >= 0.3 is 5.97 Å². The number of hydrogen-bond acceptors (Lipinski definition) is 3. The first-order valence-corrected chi connectivity index (χ1v) is 5.43. The molecule has 1 saturated heterocycles. The van der Waals surface area contributed by atoms with Crippen LogP contribution in [0, 0.1) is 5.92 Å². The highest BCUT2D eigenvalue weighted by atomic mass is 32.2. The predicted octanol–water partition coefficient (Wildman–Crippen LogP) is 2.08. The van der Waals surface area contributed by atoms with E-state index in [1.165, 1.54) is 6.92 Å². The van der Waals surface area contributed by atoms with Gasteiger partial charge in [0, 0.05) is 17.9 Å². The van der Waals surface area contributed by atoms with Gasteiger partial charge in [-0.2, -0.15) is 11.8 Å². The van der Waals surface area contributed by atoms with Crippen LogP contribution >= 0.6 is 11.8 Å². The molecule has 0 saturated carbocycles.